The maximum Gasteiger partial charge on any atom is 0.0637 e. The van der Waals surface area contributed by atoms with Crippen molar-refractivity contribution in [1.82, 2.24) is 5.32 Å². The maximum atomic E-state index is 9.14. The summed E-state index contributed by atoms with van der Waals surface area (Å²) < 4.78 is 20.2. The summed E-state index contributed by atoms with van der Waals surface area (Å²) in [5, 5.41) is 23.8. The van der Waals surface area contributed by atoms with E-state index in [4.69, 9.17) is 35.9 Å². The predicted molar refractivity (Wildman–Crippen MR) is 194 cm³/mol. The molecular weight excluding hydrogens is 636 g/mol. The number of azide groups is 3. The summed E-state index contributed by atoms with van der Waals surface area (Å²) in [5.41, 5.74) is 26.5. The van der Waals surface area contributed by atoms with Crippen LogP contribution in [0.4, 0.5) is 0 Å². The molecule has 4 fully saturated rings. The van der Waals surface area contributed by atoms with Crippen LogP contribution < -0.4 is 5.32 Å². The van der Waals surface area contributed by atoms with Gasteiger partial charge in [-0.1, -0.05) is 36.1 Å². The first-order chi connectivity index (χ1) is 24.3. The molecule has 4 aliphatic rings. The van der Waals surface area contributed by atoms with Gasteiger partial charge in [0, 0.05) is 66.2 Å². The molecule has 50 heavy (non-hydrogen) atoms. The van der Waals surface area contributed by atoms with Gasteiger partial charge in [0.15, 0.2) is 0 Å². The number of nitrogens with zero attached hydrogens (tertiary/aromatic N) is 9. The van der Waals surface area contributed by atoms with Gasteiger partial charge in [-0.3, -0.25) is 0 Å². The molecule has 11 atom stereocenters. The van der Waals surface area contributed by atoms with Crippen LogP contribution in [0.15, 0.2) is 15.3 Å². The Morgan fingerprint density at radius 3 is 2.08 bits per heavy atom. The van der Waals surface area contributed by atoms with Crippen molar-refractivity contribution in [3.63, 3.8) is 0 Å². The Bertz CT molecular complexity index is 1180. The first-order valence-corrected chi connectivity index (χ1v) is 19.5. The third kappa shape index (κ3) is 9.98. The average molecular weight is 701 g/mol. The summed E-state index contributed by atoms with van der Waals surface area (Å²) in [5.74, 6) is 3.01. The van der Waals surface area contributed by atoms with Gasteiger partial charge in [-0.2, -0.15) is 0 Å². The number of ether oxygens (including phenoxy) is 3. The van der Waals surface area contributed by atoms with Gasteiger partial charge in [-0.15, -0.1) is 0 Å². The Labute approximate surface area is 299 Å². The summed E-state index contributed by atoms with van der Waals surface area (Å²) in [4.78, 5) is 8.77. The molecule has 0 bridgehead atoms. The highest BCUT2D eigenvalue weighted by Crippen LogP contribution is 2.69. The third-order valence-corrected chi connectivity index (χ3v) is 13.4. The number of fused-ring (bicyclic) bond motifs is 5. The molecule has 282 valence electrons. The molecule has 2 N–H and O–H groups in total. The lowest BCUT2D eigenvalue weighted by Crippen LogP contribution is -2.63. The van der Waals surface area contributed by atoms with Crippen LogP contribution in [-0.2, 0) is 14.2 Å². The van der Waals surface area contributed by atoms with Crippen molar-refractivity contribution in [2.24, 2.45) is 61.7 Å². The molecule has 14 heteroatoms. The number of hydrogen-bond donors (Lipinski definition) is 2. The molecule has 4 aliphatic carbocycles. The molecule has 0 radical (unpaired) electrons. The minimum atomic E-state index is 0.0194. The van der Waals surface area contributed by atoms with Crippen LogP contribution in [0.3, 0.4) is 0 Å². The molecule has 14 nitrogen and oxygen atoms in total. The Morgan fingerprint density at radius 2 is 1.42 bits per heavy atom. The van der Waals surface area contributed by atoms with Gasteiger partial charge in [-0.25, -0.2) is 0 Å². The smallest absolute Gasteiger partial charge is 0.0637 e. The topological polar surface area (TPSA) is 206 Å². The summed E-state index contributed by atoms with van der Waals surface area (Å²) in [6.45, 7) is 12.8. The molecule has 0 spiro atoms. The molecule has 0 aromatic carbocycles. The van der Waals surface area contributed by atoms with Crippen LogP contribution in [0, 0.1) is 46.3 Å². The minimum Gasteiger partial charge on any atom is -0.396 e. The second-order valence-corrected chi connectivity index (χ2v) is 15.9. The number of aliphatic hydroxyl groups is 1. The van der Waals surface area contributed by atoms with Crippen LogP contribution in [0.1, 0.15) is 104 Å². The van der Waals surface area contributed by atoms with E-state index >= 15 is 0 Å². The molecule has 0 aromatic rings. The van der Waals surface area contributed by atoms with Gasteiger partial charge in [0.25, 0.3) is 0 Å². The van der Waals surface area contributed by atoms with Crippen molar-refractivity contribution in [3.8, 4) is 0 Å². The van der Waals surface area contributed by atoms with Gasteiger partial charge >= 0.3 is 0 Å². The normalized spacial score (nSPS) is 35.0. The standard InChI is InChI=1S/C36H64N10O4/c1-26(9-4-14-40-15-5-19-47)29-10-11-30-34-31(25-33(36(29,30)3)50-22-8-18-43-46-39)35(2)13-12-28(48-20-6-16-41-44-37)23-27(35)24-32(34)49-21-7-17-42-45-38/h26-34,40,47H,4-25H2,1-3H3/t26-,27?,28-,29?,30+,31+,32?,33+,34?,35+,36-/m1/s1. The highest BCUT2D eigenvalue weighted by Gasteiger charge is 2.66. The van der Waals surface area contributed by atoms with E-state index in [0.717, 1.165) is 77.3 Å². The predicted octanol–water partition coefficient (Wildman–Crippen LogP) is 8.51. The molecule has 0 aliphatic heterocycles. The van der Waals surface area contributed by atoms with E-state index in [9.17, 15) is 0 Å². The summed E-state index contributed by atoms with van der Waals surface area (Å²) in [6.07, 6.45) is 13.4. The molecule has 0 heterocycles. The van der Waals surface area contributed by atoms with Crippen LogP contribution in [-0.4, -0.2) is 82.6 Å². The number of aliphatic hydroxyl groups excluding tert-OH is 1. The van der Waals surface area contributed by atoms with Gasteiger partial charge in [-0.05, 0) is 154 Å². The molecule has 0 aromatic heterocycles. The second kappa shape index (κ2) is 20.7. The van der Waals surface area contributed by atoms with Crippen LogP contribution in [0.2, 0.25) is 0 Å². The number of hydrogen-bond acceptors (Lipinski definition) is 8. The van der Waals surface area contributed by atoms with E-state index in [1.807, 2.05) is 0 Å². The van der Waals surface area contributed by atoms with Gasteiger partial charge in [0.05, 0.1) is 18.3 Å². The Morgan fingerprint density at radius 1 is 0.780 bits per heavy atom. The Balaban J connectivity index is 1.57. The zero-order valence-electron chi connectivity index (χ0n) is 30.9. The largest absolute Gasteiger partial charge is 0.396 e. The fourth-order valence-corrected chi connectivity index (χ4v) is 11.0. The Kier molecular flexibility index (Phi) is 16.8. The van der Waals surface area contributed by atoms with E-state index in [2.05, 4.69) is 56.2 Å². The van der Waals surface area contributed by atoms with E-state index in [-0.39, 0.29) is 35.7 Å². The molecule has 4 rings (SSSR count). The lowest BCUT2D eigenvalue weighted by atomic mass is 9.43. The molecular formula is C36H64N10O4. The lowest BCUT2D eigenvalue weighted by molar-refractivity contribution is -0.227. The number of rotatable bonds is 23. The van der Waals surface area contributed by atoms with Crippen LogP contribution in [0.25, 0.3) is 31.3 Å². The molecule has 4 saturated carbocycles. The summed E-state index contributed by atoms with van der Waals surface area (Å²) in [7, 11) is 0. The van der Waals surface area contributed by atoms with E-state index < -0.39 is 0 Å². The average Bonchev–Trinajstić information content (AvgIpc) is 3.47. The van der Waals surface area contributed by atoms with Crippen molar-refractivity contribution in [2.45, 2.75) is 123 Å². The van der Waals surface area contributed by atoms with Gasteiger partial charge in [0.1, 0.15) is 0 Å². The molecule has 4 unspecified atom stereocenters. The van der Waals surface area contributed by atoms with Crippen molar-refractivity contribution < 1.29 is 19.3 Å². The van der Waals surface area contributed by atoms with E-state index in [1.54, 1.807) is 0 Å². The van der Waals surface area contributed by atoms with Crippen molar-refractivity contribution >= 4 is 0 Å². The number of nitrogens with one attached hydrogen (secondary N) is 1. The second-order valence-electron chi connectivity index (χ2n) is 15.9. The van der Waals surface area contributed by atoms with Crippen LogP contribution >= 0.6 is 0 Å². The Hall–Kier alpha value is -2.27. The first kappa shape index (κ1) is 40.5. The van der Waals surface area contributed by atoms with Crippen molar-refractivity contribution in [1.29, 1.82) is 0 Å². The van der Waals surface area contributed by atoms with Gasteiger partial charge < -0.3 is 24.6 Å². The lowest BCUT2D eigenvalue weighted by Gasteiger charge is -2.65. The maximum absolute atomic E-state index is 9.14. The SMILES string of the molecule is C[C@H](CCCNCCCO)C1CC[C@H]2C3C(OCCCN=[N+]=[N-])CC4C[C@H](OCCCN=[N+]=[N-])CC[C@]4(C)[C@H]3C[C@H](OCCCN=[N+]=[N-])[C@]12C. The zero-order chi connectivity index (χ0) is 35.8. The minimum absolute atomic E-state index is 0.0194. The zero-order valence-corrected chi connectivity index (χ0v) is 30.9. The third-order valence-electron chi connectivity index (χ3n) is 13.4. The van der Waals surface area contributed by atoms with E-state index in [1.165, 1.54) is 19.3 Å². The van der Waals surface area contributed by atoms with E-state index in [0.29, 0.717) is 75.0 Å². The quantitative estimate of drug-likeness (QED) is 0.0464. The monoisotopic (exact) mass is 701 g/mol. The summed E-state index contributed by atoms with van der Waals surface area (Å²) >= 11 is 0. The summed E-state index contributed by atoms with van der Waals surface area (Å²) in [6, 6.07) is 0. The first-order valence-electron chi connectivity index (χ1n) is 19.5. The van der Waals surface area contributed by atoms with Crippen molar-refractivity contribution in [3.05, 3.63) is 31.3 Å². The molecule has 0 amide bonds. The highest BCUT2D eigenvalue weighted by molar-refractivity contribution is 5.15. The fraction of sp³-hybridized carbons (Fsp3) is 1.00. The van der Waals surface area contributed by atoms with Gasteiger partial charge in [0.2, 0.25) is 0 Å². The fourth-order valence-electron chi connectivity index (χ4n) is 11.0. The molecule has 0 saturated heterocycles. The highest BCUT2D eigenvalue weighted by atomic mass is 16.5. The van der Waals surface area contributed by atoms with Crippen LogP contribution in [0.5, 0.6) is 0 Å². The van der Waals surface area contributed by atoms with Crippen molar-refractivity contribution in [2.75, 3.05) is 59.2 Å².